The summed E-state index contributed by atoms with van der Waals surface area (Å²) in [6.45, 7) is 6.57. The molecule has 1 aromatic heterocycles. The maximum atomic E-state index is 12.7. The third kappa shape index (κ3) is 5.32. The molecule has 5 nitrogen and oxygen atoms in total. The first kappa shape index (κ1) is 20.3. The maximum Gasteiger partial charge on any atom is 0.260 e. The lowest BCUT2D eigenvalue weighted by atomic mass is 10.0. The Kier molecular flexibility index (Phi) is 7.04. The van der Waals surface area contributed by atoms with Gasteiger partial charge in [0.25, 0.3) is 5.91 Å². The molecule has 1 aromatic carbocycles. The number of pyridine rings is 1. The standard InChI is InChI=1S/C23H31N3O2/c1-4-21-22(13-12-18(2)24-21)28-17-23(27)26-14-8-11-20(16-26)25(3)15-19-9-6-5-7-10-19/h5-7,9-10,12-13,20H,4,8,11,14-17H2,1-3H3. The average molecular weight is 382 g/mol. The molecule has 28 heavy (non-hydrogen) atoms. The van der Waals surface area contributed by atoms with Crippen LogP contribution in [0.1, 0.15) is 36.7 Å². The summed E-state index contributed by atoms with van der Waals surface area (Å²) in [6, 6.07) is 14.7. The number of piperidine rings is 1. The average Bonchev–Trinajstić information content (AvgIpc) is 2.73. The van der Waals surface area contributed by atoms with Crippen LogP contribution < -0.4 is 4.74 Å². The van der Waals surface area contributed by atoms with E-state index in [0.717, 1.165) is 56.0 Å². The van der Waals surface area contributed by atoms with Crippen LogP contribution >= 0.6 is 0 Å². The lowest BCUT2D eigenvalue weighted by molar-refractivity contribution is -0.135. The molecule has 1 amide bonds. The zero-order valence-electron chi connectivity index (χ0n) is 17.2. The van der Waals surface area contributed by atoms with Gasteiger partial charge in [-0.25, -0.2) is 0 Å². The summed E-state index contributed by atoms with van der Waals surface area (Å²) < 4.78 is 5.82. The summed E-state index contributed by atoms with van der Waals surface area (Å²) in [5.74, 6) is 0.775. The number of hydrogen-bond acceptors (Lipinski definition) is 4. The fourth-order valence-corrected chi connectivity index (χ4v) is 3.75. The van der Waals surface area contributed by atoms with Crippen molar-refractivity contribution in [2.24, 2.45) is 0 Å². The molecular weight excluding hydrogens is 350 g/mol. The Balaban J connectivity index is 1.54. The minimum atomic E-state index is 0.0560. The molecule has 1 fully saturated rings. The molecule has 1 aliphatic heterocycles. The summed E-state index contributed by atoms with van der Waals surface area (Å²) in [4.78, 5) is 21.5. The topological polar surface area (TPSA) is 45.7 Å². The Morgan fingerprint density at radius 1 is 1.25 bits per heavy atom. The third-order valence-electron chi connectivity index (χ3n) is 5.41. The molecule has 2 aromatic rings. The van der Waals surface area contributed by atoms with Crippen molar-refractivity contribution in [3.63, 3.8) is 0 Å². The first-order chi connectivity index (χ1) is 13.6. The van der Waals surface area contributed by atoms with E-state index in [2.05, 4.69) is 41.2 Å². The summed E-state index contributed by atoms with van der Waals surface area (Å²) in [5, 5.41) is 0. The number of nitrogens with zero attached hydrogens (tertiary/aromatic N) is 3. The van der Waals surface area contributed by atoms with E-state index in [9.17, 15) is 4.79 Å². The van der Waals surface area contributed by atoms with Crippen molar-refractivity contribution in [2.75, 3.05) is 26.7 Å². The summed E-state index contributed by atoms with van der Waals surface area (Å²) in [6.07, 6.45) is 2.94. The van der Waals surface area contributed by atoms with Crippen molar-refractivity contribution in [3.8, 4) is 5.75 Å². The summed E-state index contributed by atoms with van der Waals surface area (Å²) in [5.41, 5.74) is 3.18. The number of aromatic nitrogens is 1. The predicted octanol–water partition coefficient (Wildman–Crippen LogP) is 3.45. The van der Waals surface area contributed by atoms with Crippen molar-refractivity contribution in [1.82, 2.24) is 14.8 Å². The lowest BCUT2D eigenvalue weighted by Crippen LogP contribution is -2.49. The Morgan fingerprint density at radius 2 is 2.04 bits per heavy atom. The molecule has 0 N–H and O–H groups in total. The minimum Gasteiger partial charge on any atom is -0.482 e. The quantitative estimate of drug-likeness (QED) is 0.737. The molecular formula is C23H31N3O2. The molecule has 3 rings (SSSR count). The second-order valence-electron chi connectivity index (χ2n) is 7.58. The number of carbonyl (C=O) groups is 1. The highest BCUT2D eigenvalue weighted by molar-refractivity contribution is 5.78. The van der Waals surface area contributed by atoms with Crippen LogP contribution in [0.2, 0.25) is 0 Å². The number of carbonyl (C=O) groups excluding carboxylic acids is 1. The second kappa shape index (κ2) is 9.69. The van der Waals surface area contributed by atoms with Gasteiger partial charge in [0.2, 0.25) is 0 Å². The van der Waals surface area contributed by atoms with Crippen molar-refractivity contribution in [1.29, 1.82) is 0 Å². The Bertz CT molecular complexity index is 779. The molecule has 0 bridgehead atoms. The first-order valence-corrected chi connectivity index (χ1v) is 10.2. The van der Waals surface area contributed by atoms with Crippen molar-refractivity contribution in [3.05, 3.63) is 59.4 Å². The van der Waals surface area contributed by atoms with Gasteiger partial charge >= 0.3 is 0 Å². The van der Waals surface area contributed by atoms with Gasteiger partial charge in [-0.15, -0.1) is 0 Å². The fourth-order valence-electron chi connectivity index (χ4n) is 3.75. The van der Waals surface area contributed by atoms with Crippen LogP contribution in [0, 0.1) is 6.92 Å². The van der Waals surface area contributed by atoms with Crippen LogP contribution in [-0.2, 0) is 17.8 Å². The van der Waals surface area contributed by atoms with Crippen LogP contribution in [0.3, 0.4) is 0 Å². The maximum absolute atomic E-state index is 12.7. The van der Waals surface area contributed by atoms with Crippen molar-refractivity contribution < 1.29 is 9.53 Å². The second-order valence-corrected chi connectivity index (χ2v) is 7.58. The van der Waals surface area contributed by atoms with Gasteiger partial charge in [0.15, 0.2) is 6.61 Å². The molecule has 1 unspecified atom stereocenters. The van der Waals surface area contributed by atoms with Gasteiger partial charge in [0.1, 0.15) is 5.75 Å². The number of rotatable bonds is 7. The number of ether oxygens (including phenoxy) is 1. The monoisotopic (exact) mass is 381 g/mol. The zero-order chi connectivity index (χ0) is 19.9. The van der Waals surface area contributed by atoms with E-state index in [4.69, 9.17) is 4.74 Å². The molecule has 1 saturated heterocycles. The highest BCUT2D eigenvalue weighted by atomic mass is 16.5. The Hall–Kier alpha value is -2.40. The molecule has 150 valence electrons. The first-order valence-electron chi connectivity index (χ1n) is 10.2. The van der Waals surface area contributed by atoms with Gasteiger partial charge in [-0.1, -0.05) is 37.3 Å². The molecule has 0 radical (unpaired) electrons. The smallest absolute Gasteiger partial charge is 0.260 e. The van der Waals surface area contributed by atoms with E-state index in [0.29, 0.717) is 6.04 Å². The normalized spacial score (nSPS) is 17.0. The number of aryl methyl sites for hydroxylation is 2. The van der Waals surface area contributed by atoms with E-state index >= 15 is 0 Å². The van der Waals surface area contributed by atoms with Crippen LogP contribution in [-0.4, -0.2) is 53.5 Å². The van der Waals surface area contributed by atoms with E-state index < -0.39 is 0 Å². The van der Waals surface area contributed by atoms with E-state index in [1.807, 2.05) is 36.9 Å². The molecule has 0 saturated carbocycles. The van der Waals surface area contributed by atoms with E-state index in [1.54, 1.807) is 0 Å². The van der Waals surface area contributed by atoms with Gasteiger partial charge in [-0.3, -0.25) is 14.7 Å². The number of benzene rings is 1. The SMILES string of the molecule is CCc1nc(C)ccc1OCC(=O)N1CCCC(N(C)Cc2ccccc2)C1. The lowest BCUT2D eigenvalue weighted by Gasteiger charge is -2.37. The predicted molar refractivity (Wildman–Crippen MR) is 111 cm³/mol. The molecule has 1 atom stereocenters. The van der Waals surface area contributed by atoms with Crippen LogP contribution in [0.4, 0.5) is 0 Å². The fraction of sp³-hybridized carbons (Fsp3) is 0.478. The van der Waals surface area contributed by atoms with Crippen molar-refractivity contribution >= 4 is 5.91 Å². The van der Waals surface area contributed by atoms with Crippen LogP contribution in [0.15, 0.2) is 42.5 Å². The molecule has 1 aliphatic rings. The van der Waals surface area contributed by atoms with E-state index in [1.165, 1.54) is 5.56 Å². The van der Waals surface area contributed by atoms with Gasteiger partial charge < -0.3 is 9.64 Å². The number of likely N-dealkylation sites (tertiary alicyclic amines) is 1. The molecule has 5 heteroatoms. The van der Waals surface area contributed by atoms with Gasteiger partial charge in [0, 0.05) is 31.4 Å². The Morgan fingerprint density at radius 3 is 2.79 bits per heavy atom. The number of hydrogen-bond donors (Lipinski definition) is 0. The van der Waals surface area contributed by atoms with Gasteiger partial charge in [-0.2, -0.15) is 0 Å². The largest absolute Gasteiger partial charge is 0.482 e. The van der Waals surface area contributed by atoms with Crippen molar-refractivity contribution in [2.45, 2.75) is 45.7 Å². The molecule has 0 aliphatic carbocycles. The zero-order valence-corrected chi connectivity index (χ0v) is 17.2. The third-order valence-corrected chi connectivity index (χ3v) is 5.41. The van der Waals surface area contributed by atoms with Gasteiger partial charge in [-0.05, 0) is 50.9 Å². The number of likely N-dealkylation sites (N-methyl/N-ethyl adjacent to an activating group) is 1. The molecule has 0 spiro atoms. The van der Waals surface area contributed by atoms with Crippen LogP contribution in [0.25, 0.3) is 0 Å². The highest BCUT2D eigenvalue weighted by Gasteiger charge is 2.26. The minimum absolute atomic E-state index is 0.0560. The summed E-state index contributed by atoms with van der Waals surface area (Å²) in [7, 11) is 2.15. The highest BCUT2D eigenvalue weighted by Crippen LogP contribution is 2.19. The van der Waals surface area contributed by atoms with Crippen LogP contribution in [0.5, 0.6) is 5.75 Å². The Labute approximate surface area is 168 Å². The molecule has 2 heterocycles. The van der Waals surface area contributed by atoms with E-state index in [-0.39, 0.29) is 12.5 Å². The summed E-state index contributed by atoms with van der Waals surface area (Å²) >= 11 is 0. The van der Waals surface area contributed by atoms with Gasteiger partial charge in [0.05, 0.1) is 5.69 Å². The number of amides is 1.